The monoisotopic (exact) mass is 389 g/mol. The van der Waals surface area contributed by atoms with E-state index in [2.05, 4.69) is 24.3 Å². The van der Waals surface area contributed by atoms with E-state index >= 15 is 0 Å². The minimum absolute atomic E-state index is 0.140. The molecule has 1 aliphatic carbocycles. The van der Waals surface area contributed by atoms with Crippen molar-refractivity contribution in [1.29, 1.82) is 0 Å². The molecule has 0 N–H and O–H groups in total. The zero-order chi connectivity index (χ0) is 19.8. The molecule has 0 aromatic heterocycles. The number of fused-ring (bicyclic) bond motifs is 1. The summed E-state index contributed by atoms with van der Waals surface area (Å²) in [6.45, 7) is 3.06. The highest BCUT2D eigenvalue weighted by atomic mass is 16.5. The van der Waals surface area contributed by atoms with E-state index in [0.717, 1.165) is 30.6 Å². The van der Waals surface area contributed by atoms with Crippen LogP contribution in [-0.2, 0) is 9.47 Å². The second-order valence-corrected chi connectivity index (χ2v) is 8.24. The van der Waals surface area contributed by atoms with Crippen molar-refractivity contribution in [1.82, 2.24) is 0 Å². The van der Waals surface area contributed by atoms with Gasteiger partial charge in [-0.25, -0.2) is 4.79 Å². The van der Waals surface area contributed by atoms with E-state index in [-0.39, 0.29) is 18.1 Å². The quantitative estimate of drug-likeness (QED) is 0.648. The van der Waals surface area contributed by atoms with Crippen LogP contribution in [0.1, 0.15) is 66.6 Å². The molecule has 29 heavy (non-hydrogen) atoms. The molecule has 2 aromatic carbocycles. The normalized spacial score (nSPS) is 23.4. The van der Waals surface area contributed by atoms with Gasteiger partial charge in [0.05, 0.1) is 18.3 Å². The summed E-state index contributed by atoms with van der Waals surface area (Å²) >= 11 is 0. The van der Waals surface area contributed by atoms with Crippen LogP contribution in [0.2, 0.25) is 0 Å². The first kappa shape index (κ1) is 18.6. The number of ether oxygens (including phenoxy) is 2. The highest BCUT2D eigenvalue weighted by Gasteiger charge is 2.39. The standard InChI is InChI=1S/C25H27NO3/c1-2-28-25(27)19-7-5-6-17(14-19)18-11-12-20-21(15-18)23(16-9-10-16)26-24(20)22-8-3-4-13-29-22/h5-7,11-12,14-16,22,24H,2-4,8-10,13H2,1H3. The van der Waals surface area contributed by atoms with Gasteiger partial charge in [-0.05, 0) is 73.9 Å². The Morgan fingerprint density at radius 3 is 2.72 bits per heavy atom. The molecule has 0 spiro atoms. The van der Waals surface area contributed by atoms with E-state index in [1.807, 2.05) is 25.1 Å². The number of carbonyl (C=O) groups excluding carboxylic acids is 1. The van der Waals surface area contributed by atoms with Gasteiger partial charge in [-0.2, -0.15) is 0 Å². The minimum atomic E-state index is -0.273. The molecule has 2 fully saturated rings. The zero-order valence-corrected chi connectivity index (χ0v) is 16.9. The maximum Gasteiger partial charge on any atom is 0.338 e. The highest BCUT2D eigenvalue weighted by molar-refractivity contribution is 6.08. The highest BCUT2D eigenvalue weighted by Crippen LogP contribution is 2.44. The number of rotatable bonds is 5. The second kappa shape index (κ2) is 7.75. The molecule has 2 aromatic rings. The average molecular weight is 389 g/mol. The van der Waals surface area contributed by atoms with Crippen molar-refractivity contribution in [3.05, 3.63) is 59.2 Å². The van der Waals surface area contributed by atoms with Gasteiger partial charge in [0.25, 0.3) is 0 Å². The van der Waals surface area contributed by atoms with Gasteiger partial charge < -0.3 is 9.47 Å². The summed E-state index contributed by atoms with van der Waals surface area (Å²) < 4.78 is 11.2. The van der Waals surface area contributed by atoms with Crippen molar-refractivity contribution in [2.45, 2.75) is 51.2 Å². The molecular weight excluding hydrogens is 362 g/mol. The molecule has 3 aliphatic rings. The molecule has 150 valence electrons. The first-order valence-corrected chi connectivity index (χ1v) is 10.9. The van der Waals surface area contributed by atoms with Crippen LogP contribution >= 0.6 is 0 Å². The molecule has 2 unspecified atom stereocenters. The first-order valence-electron chi connectivity index (χ1n) is 10.9. The Morgan fingerprint density at radius 2 is 1.97 bits per heavy atom. The van der Waals surface area contributed by atoms with E-state index in [0.29, 0.717) is 18.1 Å². The zero-order valence-electron chi connectivity index (χ0n) is 16.9. The number of aliphatic imine (C=N–C) groups is 1. The molecule has 4 nitrogen and oxygen atoms in total. The lowest BCUT2D eigenvalue weighted by molar-refractivity contribution is 0.00115. The SMILES string of the molecule is CCOC(=O)c1cccc(-c2ccc3c(c2)C(C2CC2)=NC3C2CCCCO2)c1. The van der Waals surface area contributed by atoms with Gasteiger partial charge in [-0.15, -0.1) is 0 Å². The van der Waals surface area contributed by atoms with E-state index in [1.54, 1.807) is 0 Å². The maximum atomic E-state index is 12.1. The van der Waals surface area contributed by atoms with Crippen molar-refractivity contribution < 1.29 is 14.3 Å². The fourth-order valence-corrected chi connectivity index (χ4v) is 4.52. The third-order valence-corrected chi connectivity index (χ3v) is 6.16. The van der Waals surface area contributed by atoms with Crippen LogP contribution < -0.4 is 0 Å². The van der Waals surface area contributed by atoms with Crippen LogP contribution in [0.4, 0.5) is 0 Å². The molecule has 2 heterocycles. The molecule has 0 radical (unpaired) electrons. The minimum Gasteiger partial charge on any atom is -0.462 e. The van der Waals surface area contributed by atoms with Gasteiger partial charge >= 0.3 is 5.97 Å². The van der Waals surface area contributed by atoms with Crippen LogP contribution in [0, 0.1) is 5.92 Å². The van der Waals surface area contributed by atoms with E-state index in [9.17, 15) is 4.79 Å². The number of hydrogen-bond acceptors (Lipinski definition) is 4. The number of carbonyl (C=O) groups is 1. The molecule has 1 saturated heterocycles. The predicted molar refractivity (Wildman–Crippen MR) is 113 cm³/mol. The Balaban J connectivity index is 1.49. The van der Waals surface area contributed by atoms with Crippen molar-refractivity contribution in [3.8, 4) is 11.1 Å². The largest absolute Gasteiger partial charge is 0.462 e. The van der Waals surface area contributed by atoms with Gasteiger partial charge in [0, 0.05) is 23.8 Å². The lowest BCUT2D eigenvalue weighted by atomic mass is 9.91. The average Bonchev–Trinajstić information content (AvgIpc) is 3.54. The van der Waals surface area contributed by atoms with Crippen LogP contribution in [0.15, 0.2) is 47.5 Å². The molecule has 5 rings (SSSR count). The Kier molecular flexibility index (Phi) is 4.96. The topological polar surface area (TPSA) is 47.9 Å². The van der Waals surface area contributed by atoms with Crippen LogP contribution in [0.5, 0.6) is 0 Å². The summed E-state index contributed by atoms with van der Waals surface area (Å²) in [6, 6.07) is 14.5. The van der Waals surface area contributed by atoms with E-state index in [4.69, 9.17) is 14.5 Å². The van der Waals surface area contributed by atoms with Crippen molar-refractivity contribution in [2.24, 2.45) is 10.9 Å². The Labute approximate surface area is 171 Å². The number of benzene rings is 2. The first-order chi connectivity index (χ1) is 14.2. The van der Waals surface area contributed by atoms with E-state index in [1.165, 1.54) is 36.1 Å². The summed E-state index contributed by atoms with van der Waals surface area (Å²) in [5, 5.41) is 0. The molecule has 2 aliphatic heterocycles. The lowest BCUT2D eigenvalue weighted by Gasteiger charge is -2.27. The van der Waals surface area contributed by atoms with Crippen LogP contribution in [0.3, 0.4) is 0 Å². The molecular formula is C25H27NO3. The molecule has 4 heteroatoms. The second-order valence-electron chi connectivity index (χ2n) is 8.24. The summed E-state index contributed by atoms with van der Waals surface area (Å²) in [7, 11) is 0. The van der Waals surface area contributed by atoms with Crippen molar-refractivity contribution in [3.63, 3.8) is 0 Å². The van der Waals surface area contributed by atoms with Crippen molar-refractivity contribution in [2.75, 3.05) is 13.2 Å². The molecule has 2 atom stereocenters. The summed E-state index contributed by atoms with van der Waals surface area (Å²) in [4.78, 5) is 17.3. The van der Waals surface area contributed by atoms with Crippen LogP contribution in [-0.4, -0.2) is 31.0 Å². The summed E-state index contributed by atoms with van der Waals surface area (Å²) in [5.74, 6) is 0.328. The Bertz CT molecular complexity index is 954. The smallest absolute Gasteiger partial charge is 0.338 e. The van der Waals surface area contributed by atoms with Gasteiger partial charge in [-0.3, -0.25) is 4.99 Å². The third-order valence-electron chi connectivity index (χ3n) is 6.16. The Morgan fingerprint density at radius 1 is 1.10 bits per heavy atom. The molecule has 0 bridgehead atoms. The van der Waals surface area contributed by atoms with Gasteiger partial charge in [0.15, 0.2) is 0 Å². The van der Waals surface area contributed by atoms with Crippen molar-refractivity contribution >= 4 is 11.7 Å². The fraction of sp³-hybridized carbons (Fsp3) is 0.440. The summed E-state index contributed by atoms with van der Waals surface area (Å²) in [5.41, 5.74) is 6.60. The predicted octanol–water partition coefficient (Wildman–Crippen LogP) is 5.35. The molecule has 1 saturated carbocycles. The third kappa shape index (κ3) is 3.62. The fourth-order valence-electron chi connectivity index (χ4n) is 4.52. The maximum absolute atomic E-state index is 12.1. The number of nitrogens with zero attached hydrogens (tertiary/aromatic N) is 1. The van der Waals surface area contributed by atoms with Gasteiger partial charge in [0.1, 0.15) is 6.04 Å². The molecule has 0 amide bonds. The van der Waals surface area contributed by atoms with Gasteiger partial charge in [0.2, 0.25) is 0 Å². The summed E-state index contributed by atoms with van der Waals surface area (Å²) in [6.07, 6.45) is 6.15. The number of hydrogen-bond donors (Lipinski definition) is 0. The lowest BCUT2D eigenvalue weighted by Crippen LogP contribution is -2.24. The van der Waals surface area contributed by atoms with Gasteiger partial charge in [-0.1, -0.05) is 24.3 Å². The van der Waals surface area contributed by atoms with Crippen LogP contribution in [0.25, 0.3) is 11.1 Å². The van der Waals surface area contributed by atoms with E-state index < -0.39 is 0 Å². The Hall–Kier alpha value is -2.46. The number of esters is 1.